The van der Waals surface area contributed by atoms with Crippen LogP contribution in [0.1, 0.15) is 37.1 Å². The second-order valence-electron chi connectivity index (χ2n) is 9.35. The lowest BCUT2D eigenvalue weighted by atomic mass is 9.81. The number of piperidine rings is 1. The molecule has 11 heteroatoms. The van der Waals surface area contributed by atoms with E-state index in [-0.39, 0.29) is 12.6 Å². The maximum Gasteiger partial charge on any atom is 0.317 e. The van der Waals surface area contributed by atoms with Crippen LogP contribution >= 0.6 is 23.2 Å². The van der Waals surface area contributed by atoms with Gasteiger partial charge in [0.15, 0.2) is 11.2 Å². The van der Waals surface area contributed by atoms with E-state index in [2.05, 4.69) is 20.1 Å². The van der Waals surface area contributed by atoms with Gasteiger partial charge in [-0.25, -0.2) is 9.67 Å². The molecule has 2 aliphatic rings. The van der Waals surface area contributed by atoms with Crippen molar-refractivity contribution in [2.45, 2.75) is 32.7 Å². The van der Waals surface area contributed by atoms with Crippen LogP contribution in [0.5, 0.6) is 0 Å². The number of fused-ring (bicyclic) bond motifs is 1. The van der Waals surface area contributed by atoms with Gasteiger partial charge in [-0.1, -0.05) is 34.5 Å². The molecule has 180 valence electrons. The first-order valence-electron chi connectivity index (χ1n) is 11.5. The minimum absolute atomic E-state index is 0.124. The molecule has 0 spiro atoms. The van der Waals surface area contributed by atoms with E-state index in [9.17, 15) is 4.79 Å². The fourth-order valence-corrected chi connectivity index (χ4v) is 5.68. The van der Waals surface area contributed by atoms with Gasteiger partial charge in [0, 0.05) is 29.7 Å². The number of carboxylic acid groups (broad SMARTS) is 1. The van der Waals surface area contributed by atoms with Crippen molar-refractivity contribution in [3.8, 4) is 0 Å². The van der Waals surface area contributed by atoms with Crippen molar-refractivity contribution in [3.05, 3.63) is 39.5 Å². The van der Waals surface area contributed by atoms with Crippen LogP contribution in [0, 0.1) is 18.8 Å². The highest BCUT2D eigenvalue weighted by molar-refractivity contribution is 6.35. The molecule has 1 aromatic carbocycles. The molecule has 2 fully saturated rings. The monoisotopic (exact) mass is 503 g/mol. The molecule has 9 nitrogen and oxygen atoms in total. The summed E-state index contributed by atoms with van der Waals surface area (Å²) in [5, 5.41) is 19.0. The zero-order chi connectivity index (χ0) is 24.0. The molecule has 4 heterocycles. The predicted molar refractivity (Wildman–Crippen MR) is 131 cm³/mol. The summed E-state index contributed by atoms with van der Waals surface area (Å²) in [7, 11) is 0. The van der Waals surface area contributed by atoms with E-state index in [4.69, 9.17) is 38.3 Å². The van der Waals surface area contributed by atoms with Crippen molar-refractivity contribution in [3.63, 3.8) is 0 Å². The predicted octanol–water partition coefficient (Wildman–Crippen LogP) is 3.68. The molecule has 0 saturated carbocycles. The Bertz CT molecular complexity index is 1230. The van der Waals surface area contributed by atoms with Crippen LogP contribution in [0.3, 0.4) is 0 Å². The Morgan fingerprint density at radius 3 is 2.74 bits per heavy atom. The third kappa shape index (κ3) is 4.44. The smallest absolute Gasteiger partial charge is 0.317 e. The molecular formula is C23H27Cl2N7O2. The molecule has 0 aliphatic carbocycles. The maximum absolute atomic E-state index is 11.1. The van der Waals surface area contributed by atoms with Gasteiger partial charge in [-0.2, -0.15) is 4.98 Å². The van der Waals surface area contributed by atoms with Gasteiger partial charge in [0.1, 0.15) is 0 Å². The number of aromatic nitrogens is 5. The Morgan fingerprint density at radius 2 is 2.00 bits per heavy atom. The van der Waals surface area contributed by atoms with Gasteiger partial charge < -0.3 is 10.0 Å². The van der Waals surface area contributed by atoms with E-state index >= 15 is 0 Å². The highest BCUT2D eigenvalue weighted by Gasteiger charge is 2.37. The standard InChI is InChI=1S/C23H27Cl2N7O2/c1-13-21-22(32(29-28-21)14(2)18-6-5-17(24)8-19(18)25)27-23(26-13)31-10-16(11-31)15-4-3-7-30(9-15)12-20(33)34/h5-6,8,14-16H,3-4,7,9-12H2,1-2H3,(H,33,34)/t14-,15+/m1/s1. The van der Waals surface area contributed by atoms with Crippen LogP contribution < -0.4 is 4.90 Å². The first kappa shape index (κ1) is 23.3. The number of hydrogen-bond acceptors (Lipinski definition) is 7. The summed E-state index contributed by atoms with van der Waals surface area (Å²) >= 11 is 12.5. The molecule has 0 amide bonds. The fraction of sp³-hybridized carbons (Fsp3) is 0.522. The van der Waals surface area contributed by atoms with Crippen molar-refractivity contribution < 1.29 is 9.90 Å². The van der Waals surface area contributed by atoms with Crippen molar-refractivity contribution in [1.29, 1.82) is 0 Å². The van der Waals surface area contributed by atoms with E-state index in [0.29, 0.717) is 39.0 Å². The number of hydrogen-bond donors (Lipinski definition) is 1. The van der Waals surface area contributed by atoms with E-state index in [0.717, 1.165) is 50.3 Å². The number of nitrogens with zero attached hydrogens (tertiary/aromatic N) is 7. The molecule has 5 rings (SSSR count). The number of benzene rings is 1. The minimum atomic E-state index is -0.757. The summed E-state index contributed by atoms with van der Waals surface area (Å²) in [5.41, 5.74) is 3.03. The third-order valence-corrected chi connectivity index (χ3v) is 7.59. The van der Waals surface area contributed by atoms with Crippen molar-refractivity contribution in [2.24, 2.45) is 11.8 Å². The average molecular weight is 504 g/mol. The summed E-state index contributed by atoms with van der Waals surface area (Å²) in [6.07, 6.45) is 2.19. The molecule has 2 aromatic heterocycles. The quantitative estimate of drug-likeness (QED) is 0.543. The van der Waals surface area contributed by atoms with Gasteiger partial charge in [0.25, 0.3) is 0 Å². The van der Waals surface area contributed by atoms with Crippen LogP contribution in [0.2, 0.25) is 10.0 Å². The van der Waals surface area contributed by atoms with Gasteiger partial charge in [-0.3, -0.25) is 9.69 Å². The highest BCUT2D eigenvalue weighted by Crippen LogP contribution is 2.34. The SMILES string of the molecule is Cc1nc(N2CC([C@H]3CCCN(CC(=O)O)C3)C2)nc2c1nnn2[C@H](C)c1ccc(Cl)cc1Cl. The lowest BCUT2D eigenvalue weighted by Gasteiger charge is -2.46. The Morgan fingerprint density at radius 1 is 1.21 bits per heavy atom. The molecule has 0 unspecified atom stereocenters. The number of rotatable bonds is 6. The second kappa shape index (κ2) is 9.28. The molecule has 1 N–H and O–H groups in total. The minimum Gasteiger partial charge on any atom is -0.480 e. The van der Waals surface area contributed by atoms with Crippen LogP contribution in [-0.2, 0) is 4.79 Å². The molecule has 2 atom stereocenters. The Balaban J connectivity index is 1.34. The summed E-state index contributed by atoms with van der Waals surface area (Å²) in [6.45, 7) is 7.51. The number of carbonyl (C=O) groups is 1. The number of aryl methyl sites for hydroxylation is 1. The van der Waals surface area contributed by atoms with E-state index in [1.165, 1.54) is 0 Å². The van der Waals surface area contributed by atoms with E-state index < -0.39 is 5.97 Å². The lowest BCUT2D eigenvalue weighted by Crippen LogP contribution is -2.54. The van der Waals surface area contributed by atoms with Gasteiger partial charge in [-0.05, 0) is 62.8 Å². The molecule has 0 bridgehead atoms. The first-order valence-corrected chi connectivity index (χ1v) is 12.3. The number of aliphatic carboxylic acids is 1. The van der Waals surface area contributed by atoms with Crippen LogP contribution in [0.25, 0.3) is 11.2 Å². The summed E-state index contributed by atoms with van der Waals surface area (Å²) < 4.78 is 1.78. The normalized spacial score (nSPS) is 20.5. The highest BCUT2D eigenvalue weighted by atomic mass is 35.5. The molecule has 3 aromatic rings. The van der Waals surface area contributed by atoms with Crippen LogP contribution in [0.4, 0.5) is 5.95 Å². The first-order chi connectivity index (χ1) is 16.3. The third-order valence-electron chi connectivity index (χ3n) is 7.03. The molecular weight excluding hydrogens is 477 g/mol. The largest absolute Gasteiger partial charge is 0.480 e. The molecule has 2 saturated heterocycles. The number of halogens is 2. The lowest BCUT2D eigenvalue weighted by molar-refractivity contribution is -0.138. The topological polar surface area (TPSA) is 100 Å². The summed E-state index contributed by atoms with van der Waals surface area (Å²) in [5.74, 6) is 0.948. The Labute approximate surface area is 207 Å². The average Bonchev–Trinajstić information content (AvgIpc) is 3.17. The molecule has 2 aliphatic heterocycles. The van der Waals surface area contributed by atoms with Crippen molar-refractivity contribution >= 4 is 46.3 Å². The number of carboxylic acids is 1. The van der Waals surface area contributed by atoms with Crippen LogP contribution in [-0.4, -0.2) is 73.7 Å². The summed E-state index contributed by atoms with van der Waals surface area (Å²) in [6, 6.07) is 5.26. The molecule has 0 radical (unpaired) electrons. The van der Waals surface area contributed by atoms with Crippen LogP contribution in [0.15, 0.2) is 18.2 Å². The number of anilines is 1. The zero-order valence-electron chi connectivity index (χ0n) is 19.2. The van der Waals surface area contributed by atoms with Gasteiger partial charge in [0.05, 0.1) is 18.3 Å². The van der Waals surface area contributed by atoms with Gasteiger partial charge >= 0.3 is 5.97 Å². The maximum atomic E-state index is 11.1. The van der Waals surface area contributed by atoms with Gasteiger partial charge in [0.2, 0.25) is 5.95 Å². The van der Waals surface area contributed by atoms with Crippen molar-refractivity contribution in [1.82, 2.24) is 29.9 Å². The molecule has 34 heavy (non-hydrogen) atoms. The second-order valence-corrected chi connectivity index (χ2v) is 10.2. The van der Waals surface area contributed by atoms with Crippen molar-refractivity contribution in [2.75, 3.05) is 37.6 Å². The Kier molecular flexibility index (Phi) is 6.35. The van der Waals surface area contributed by atoms with Gasteiger partial charge in [-0.15, -0.1) is 5.10 Å². The summed E-state index contributed by atoms with van der Waals surface area (Å²) in [4.78, 5) is 24.9. The number of likely N-dealkylation sites (tertiary alicyclic amines) is 1. The van der Waals surface area contributed by atoms with E-state index in [1.54, 1.807) is 10.7 Å². The zero-order valence-corrected chi connectivity index (χ0v) is 20.7. The van der Waals surface area contributed by atoms with E-state index in [1.807, 2.05) is 26.0 Å². The Hall–Kier alpha value is -2.49. The fourth-order valence-electron chi connectivity index (χ4n) is 5.11.